The lowest BCUT2D eigenvalue weighted by Crippen LogP contribution is -2.22. The Morgan fingerprint density at radius 1 is 1.07 bits per heavy atom. The molecule has 0 amide bonds. The molecule has 3 aromatic rings. The third kappa shape index (κ3) is 3.90. The van der Waals surface area contributed by atoms with Gasteiger partial charge in [-0.3, -0.25) is 14.4 Å². The van der Waals surface area contributed by atoms with Gasteiger partial charge in [0.1, 0.15) is 11.6 Å². The number of hydrogen-bond donors (Lipinski definition) is 4. The lowest BCUT2D eigenvalue weighted by Gasteiger charge is -2.06. The van der Waals surface area contributed by atoms with Crippen molar-refractivity contribution in [2.45, 2.75) is 6.42 Å². The molecule has 0 saturated heterocycles. The number of carbonyl (C=O) groups is 2. The maximum absolute atomic E-state index is 12.4. The lowest BCUT2D eigenvalue weighted by molar-refractivity contribution is -0.154. The third-order valence-corrected chi connectivity index (χ3v) is 4.17. The summed E-state index contributed by atoms with van der Waals surface area (Å²) in [5.74, 6) is -3.98. The number of allylic oxidation sites excluding steroid dienone is 1. The van der Waals surface area contributed by atoms with E-state index in [0.29, 0.717) is 27.9 Å². The molecule has 0 atom stereocenters. The summed E-state index contributed by atoms with van der Waals surface area (Å²) in [5, 5.41) is 27.6. The molecule has 4 N–H and O–H groups in total. The quantitative estimate of drug-likeness (QED) is 0.481. The summed E-state index contributed by atoms with van der Waals surface area (Å²) in [5.41, 5.74) is 1.20. The maximum Gasteiger partial charge on any atom is 0.318 e. The first-order valence-electron chi connectivity index (χ1n) is 8.31. The number of carboxylic acids is 2. The Bertz CT molecular complexity index is 1120. The Morgan fingerprint density at radius 3 is 2.39 bits per heavy atom. The van der Waals surface area contributed by atoms with Gasteiger partial charge in [-0.15, -0.1) is 0 Å². The van der Waals surface area contributed by atoms with Crippen LogP contribution in [0.5, 0.6) is 5.75 Å². The molecule has 1 heterocycles. The van der Waals surface area contributed by atoms with Gasteiger partial charge in [0.2, 0.25) is 0 Å². The Kier molecular flexibility index (Phi) is 5.21. The number of benzene rings is 2. The number of para-hydroxylation sites is 1. The van der Waals surface area contributed by atoms with Gasteiger partial charge in [-0.25, -0.2) is 4.98 Å². The number of aromatic amines is 1. The second kappa shape index (κ2) is 7.75. The van der Waals surface area contributed by atoms with E-state index in [-0.39, 0.29) is 17.7 Å². The SMILES string of the molecule is O=C(O)C(C/C=C/c1cccc2c(=O)[nH]c(-c3ccc(O)cc3)nc12)C(=O)O. The molecular weight excluding hydrogens is 364 g/mol. The normalized spacial score (nSPS) is 11.3. The highest BCUT2D eigenvalue weighted by Gasteiger charge is 2.23. The average Bonchev–Trinajstić information content (AvgIpc) is 2.65. The van der Waals surface area contributed by atoms with Crippen molar-refractivity contribution >= 4 is 28.9 Å². The number of aromatic hydroxyl groups is 1. The number of aliphatic carboxylic acids is 2. The zero-order valence-corrected chi connectivity index (χ0v) is 14.5. The van der Waals surface area contributed by atoms with Crippen molar-refractivity contribution in [3.05, 3.63) is 64.5 Å². The van der Waals surface area contributed by atoms with Crippen LogP contribution in [0.4, 0.5) is 0 Å². The number of aromatic nitrogens is 2. The second-order valence-corrected chi connectivity index (χ2v) is 6.07. The summed E-state index contributed by atoms with van der Waals surface area (Å²) in [7, 11) is 0. The Morgan fingerprint density at radius 2 is 1.75 bits per heavy atom. The van der Waals surface area contributed by atoms with Gasteiger partial charge in [-0.2, -0.15) is 0 Å². The summed E-state index contributed by atoms with van der Waals surface area (Å²) < 4.78 is 0. The van der Waals surface area contributed by atoms with E-state index in [1.54, 1.807) is 36.4 Å². The molecule has 0 unspecified atom stereocenters. The first-order chi connectivity index (χ1) is 13.4. The minimum atomic E-state index is -1.55. The van der Waals surface area contributed by atoms with E-state index in [9.17, 15) is 19.5 Å². The first kappa shape index (κ1) is 18.8. The van der Waals surface area contributed by atoms with Crippen LogP contribution in [-0.2, 0) is 9.59 Å². The molecule has 8 heteroatoms. The van der Waals surface area contributed by atoms with Crippen LogP contribution in [0.3, 0.4) is 0 Å². The van der Waals surface area contributed by atoms with Crippen LogP contribution in [-0.4, -0.2) is 37.2 Å². The van der Waals surface area contributed by atoms with Gasteiger partial charge in [0.15, 0.2) is 5.92 Å². The van der Waals surface area contributed by atoms with E-state index < -0.39 is 17.9 Å². The van der Waals surface area contributed by atoms with Gasteiger partial charge in [-0.1, -0.05) is 24.3 Å². The second-order valence-electron chi connectivity index (χ2n) is 6.07. The highest BCUT2D eigenvalue weighted by Crippen LogP contribution is 2.22. The number of carboxylic acid groups (broad SMARTS) is 2. The van der Waals surface area contributed by atoms with Crippen molar-refractivity contribution in [1.82, 2.24) is 9.97 Å². The first-order valence-corrected chi connectivity index (χ1v) is 8.31. The van der Waals surface area contributed by atoms with Crippen LogP contribution >= 0.6 is 0 Å². The average molecular weight is 380 g/mol. The molecule has 0 fully saturated rings. The van der Waals surface area contributed by atoms with Crippen molar-refractivity contribution in [2.75, 3.05) is 0 Å². The van der Waals surface area contributed by atoms with Gasteiger partial charge < -0.3 is 20.3 Å². The number of rotatable bonds is 6. The molecule has 0 aliphatic carbocycles. The number of hydrogen-bond acceptors (Lipinski definition) is 5. The van der Waals surface area contributed by atoms with Gasteiger partial charge >= 0.3 is 11.9 Å². The molecule has 2 aromatic carbocycles. The highest BCUT2D eigenvalue weighted by atomic mass is 16.4. The van der Waals surface area contributed by atoms with Crippen molar-refractivity contribution in [2.24, 2.45) is 5.92 Å². The number of H-pyrrole nitrogens is 1. The van der Waals surface area contributed by atoms with Crippen LogP contribution in [0.1, 0.15) is 12.0 Å². The summed E-state index contributed by atoms with van der Waals surface area (Å²) >= 11 is 0. The van der Waals surface area contributed by atoms with E-state index in [2.05, 4.69) is 9.97 Å². The molecule has 0 radical (unpaired) electrons. The number of nitrogens with one attached hydrogen (secondary N) is 1. The summed E-state index contributed by atoms with van der Waals surface area (Å²) in [6, 6.07) is 11.1. The van der Waals surface area contributed by atoms with E-state index in [1.165, 1.54) is 18.2 Å². The number of phenols is 1. The Hall–Kier alpha value is -3.94. The number of phenolic OH excluding ortho intramolecular Hbond substituents is 1. The van der Waals surface area contributed by atoms with E-state index >= 15 is 0 Å². The molecule has 3 rings (SSSR count). The molecule has 8 nitrogen and oxygen atoms in total. The van der Waals surface area contributed by atoms with Crippen molar-refractivity contribution in [3.8, 4) is 17.1 Å². The van der Waals surface area contributed by atoms with E-state index in [4.69, 9.17) is 10.2 Å². The van der Waals surface area contributed by atoms with Crippen LogP contribution in [0.25, 0.3) is 28.4 Å². The lowest BCUT2D eigenvalue weighted by atomic mass is 10.0. The summed E-state index contributed by atoms with van der Waals surface area (Å²) in [4.78, 5) is 41.6. The van der Waals surface area contributed by atoms with Crippen LogP contribution in [0, 0.1) is 5.92 Å². The highest BCUT2D eigenvalue weighted by molar-refractivity contribution is 5.93. The fourth-order valence-corrected chi connectivity index (χ4v) is 2.71. The van der Waals surface area contributed by atoms with Gasteiger partial charge in [-0.05, 0) is 36.8 Å². The molecule has 28 heavy (non-hydrogen) atoms. The topological polar surface area (TPSA) is 141 Å². The molecular formula is C20H16N2O6. The molecule has 142 valence electrons. The predicted molar refractivity (Wildman–Crippen MR) is 102 cm³/mol. The third-order valence-electron chi connectivity index (χ3n) is 4.17. The minimum Gasteiger partial charge on any atom is -0.508 e. The van der Waals surface area contributed by atoms with Crippen LogP contribution < -0.4 is 5.56 Å². The monoisotopic (exact) mass is 380 g/mol. The van der Waals surface area contributed by atoms with Crippen LogP contribution in [0.2, 0.25) is 0 Å². The smallest absolute Gasteiger partial charge is 0.318 e. The Labute approximate surface area is 158 Å². The van der Waals surface area contributed by atoms with Crippen LogP contribution in [0.15, 0.2) is 53.3 Å². The molecule has 0 spiro atoms. The van der Waals surface area contributed by atoms with Gasteiger partial charge in [0.05, 0.1) is 10.9 Å². The minimum absolute atomic E-state index is 0.0851. The van der Waals surface area contributed by atoms with E-state index in [0.717, 1.165) is 0 Å². The van der Waals surface area contributed by atoms with Crippen molar-refractivity contribution < 1.29 is 24.9 Å². The molecule has 0 bridgehead atoms. The van der Waals surface area contributed by atoms with E-state index in [1.807, 2.05) is 0 Å². The molecule has 0 aliphatic heterocycles. The zero-order valence-electron chi connectivity index (χ0n) is 14.5. The molecule has 0 aliphatic rings. The fourth-order valence-electron chi connectivity index (χ4n) is 2.71. The summed E-state index contributed by atoms with van der Waals surface area (Å²) in [6.07, 6.45) is 2.79. The molecule has 0 saturated carbocycles. The Balaban J connectivity index is 2.02. The zero-order chi connectivity index (χ0) is 20.3. The van der Waals surface area contributed by atoms with Gasteiger partial charge in [0, 0.05) is 11.1 Å². The predicted octanol–water partition coefficient (Wildman–Crippen LogP) is 2.48. The number of fused-ring (bicyclic) bond motifs is 1. The standard InChI is InChI=1S/C20H16N2O6/c23-13-9-7-12(8-10-13)17-21-16-11(3-1-5-14(16)18(24)22-17)4-2-6-15(19(25)26)20(27)28/h1-5,7-10,15,23H,6H2,(H,25,26)(H,27,28)(H,21,22,24)/b4-2+. The summed E-state index contributed by atoms with van der Waals surface area (Å²) in [6.45, 7) is 0. The van der Waals surface area contributed by atoms with Gasteiger partial charge in [0.25, 0.3) is 5.56 Å². The largest absolute Gasteiger partial charge is 0.508 e. The maximum atomic E-state index is 12.4. The fraction of sp³-hybridized carbons (Fsp3) is 0.100. The number of nitrogens with zero attached hydrogens (tertiary/aromatic N) is 1. The van der Waals surface area contributed by atoms with Crippen molar-refractivity contribution in [3.63, 3.8) is 0 Å². The van der Waals surface area contributed by atoms with Crippen molar-refractivity contribution in [1.29, 1.82) is 0 Å². The molecule has 1 aromatic heterocycles.